The molecule has 3 heterocycles. The van der Waals surface area contributed by atoms with Gasteiger partial charge in [-0.2, -0.15) is 4.98 Å². The topological polar surface area (TPSA) is 109 Å². The van der Waals surface area contributed by atoms with Crippen molar-refractivity contribution >= 4 is 11.8 Å². The number of benzene rings is 1. The van der Waals surface area contributed by atoms with Gasteiger partial charge in [-0.05, 0) is 35.6 Å². The summed E-state index contributed by atoms with van der Waals surface area (Å²) in [7, 11) is 0. The van der Waals surface area contributed by atoms with Gasteiger partial charge < -0.3 is 16.0 Å². The van der Waals surface area contributed by atoms with Gasteiger partial charge in [-0.25, -0.2) is 9.59 Å². The highest BCUT2D eigenvalue weighted by atomic mass is 16.2. The fraction of sp³-hybridized carbons (Fsp3) is 0.522. The van der Waals surface area contributed by atoms with Crippen LogP contribution in [0.25, 0.3) is 5.69 Å². The van der Waals surface area contributed by atoms with Crippen molar-refractivity contribution in [2.45, 2.75) is 32.9 Å². The van der Waals surface area contributed by atoms with Crippen molar-refractivity contribution in [3.8, 4) is 5.69 Å². The molecule has 2 aliphatic heterocycles. The number of rotatable bonds is 4. The van der Waals surface area contributed by atoms with Gasteiger partial charge in [0.1, 0.15) is 5.82 Å². The van der Waals surface area contributed by atoms with Crippen molar-refractivity contribution < 1.29 is 4.79 Å². The van der Waals surface area contributed by atoms with Crippen LogP contribution in [0.2, 0.25) is 0 Å². The summed E-state index contributed by atoms with van der Waals surface area (Å²) in [6.07, 6.45) is 2.65. The average molecular weight is 440 g/mol. The molecule has 2 fully saturated rings. The number of likely N-dealkylation sites (tertiary alicyclic amines) is 1. The minimum Gasteiger partial charge on any atom is -0.327 e. The molecular weight excluding hydrogens is 406 g/mol. The molecule has 0 bridgehead atoms. The maximum atomic E-state index is 12.6. The smallest absolute Gasteiger partial charge is 0.327 e. The average Bonchev–Trinajstić information content (AvgIpc) is 2.77. The van der Waals surface area contributed by atoms with Crippen LogP contribution < -0.4 is 22.1 Å². The molecule has 0 saturated carbocycles. The number of nitrogens with one attached hydrogen (secondary N) is 2. The van der Waals surface area contributed by atoms with Crippen LogP contribution >= 0.6 is 0 Å². The molecule has 0 radical (unpaired) electrons. The van der Waals surface area contributed by atoms with Gasteiger partial charge in [0, 0.05) is 58.1 Å². The second-order valence-electron chi connectivity index (χ2n) is 9.39. The van der Waals surface area contributed by atoms with E-state index in [9.17, 15) is 9.59 Å². The van der Waals surface area contributed by atoms with Gasteiger partial charge in [-0.1, -0.05) is 26.0 Å². The number of carbonyl (C=O) groups is 1. The maximum Gasteiger partial charge on any atom is 0.354 e. The second kappa shape index (κ2) is 9.40. The van der Waals surface area contributed by atoms with Gasteiger partial charge in [0.25, 0.3) is 0 Å². The Hall–Kier alpha value is -2.75. The highest BCUT2D eigenvalue weighted by Gasteiger charge is 2.33. The van der Waals surface area contributed by atoms with E-state index in [2.05, 4.69) is 34.4 Å². The molecule has 2 aliphatic rings. The standard InChI is InChI=1S/C23H33N7O2/c1-23(2)16-28(11-7-19(23)24)15-17-3-5-18(6-4-17)30-12-8-20(27-22(30)32)26-21(31)29-13-9-25-10-14-29/h3-6,8,12,19,25H,7,9-11,13-16,24H2,1-2H3,(H,26,27,31,32). The summed E-state index contributed by atoms with van der Waals surface area (Å²) < 4.78 is 1.48. The van der Waals surface area contributed by atoms with Crippen molar-refractivity contribution in [2.75, 3.05) is 44.6 Å². The second-order valence-corrected chi connectivity index (χ2v) is 9.39. The van der Waals surface area contributed by atoms with Crippen molar-refractivity contribution in [3.63, 3.8) is 0 Å². The van der Waals surface area contributed by atoms with E-state index < -0.39 is 5.69 Å². The van der Waals surface area contributed by atoms with E-state index in [0.717, 1.165) is 44.8 Å². The number of hydrogen-bond acceptors (Lipinski definition) is 6. The highest BCUT2D eigenvalue weighted by molar-refractivity contribution is 5.88. The Bertz CT molecular complexity index is 996. The van der Waals surface area contributed by atoms with Gasteiger partial charge >= 0.3 is 11.7 Å². The van der Waals surface area contributed by atoms with Gasteiger partial charge in [0.2, 0.25) is 0 Å². The Labute approximate surface area is 188 Å². The largest absolute Gasteiger partial charge is 0.354 e. The first-order valence-electron chi connectivity index (χ1n) is 11.3. The summed E-state index contributed by atoms with van der Waals surface area (Å²) in [6.45, 7) is 10.1. The Kier molecular flexibility index (Phi) is 6.59. The number of carbonyl (C=O) groups excluding carboxylic acids is 1. The number of urea groups is 1. The van der Waals surface area contributed by atoms with Crippen LogP contribution in [0.1, 0.15) is 25.8 Å². The van der Waals surface area contributed by atoms with E-state index in [1.165, 1.54) is 10.1 Å². The first-order valence-corrected chi connectivity index (χ1v) is 11.3. The van der Waals surface area contributed by atoms with Crippen molar-refractivity contribution in [1.29, 1.82) is 0 Å². The summed E-state index contributed by atoms with van der Waals surface area (Å²) in [6, 6.07) is 9.60. The van der Waals surface area contributed by atoms with Gasteiger partial charge in [-0.3, -0.25) is 14.8 Å². The first-order chi connectivity index (χ1) is 15.3. The Morgan fingerprint density at radius 1 is 1.19 bits per heavy atom. The van der Waals surface area contributed by atoms with Crippen LogP contribution in [0.5, 0.6) is 0 Å². The summed E-state index contributed by atoms with van der Waals surface area (Å²) in [5, 5.41) is 5.92. The monoisotopic (exact) mass is 439 g/mol. The number of anilines is 1. The summed E-state index contributed by atoms with van der Waals surface area (Å²) >= 11 is 0. The van der Waals surface area contributed by atoms with E-state index in [1.54, 1.807) is 17.2 Å². The zero-order chi connectivity index (χ0) is 22.7. The molecule has 0 aliphatic carbocycles. The van der Waals surface area contributed by atoms with E-state index in [-0.39, 0.29) is 23.3 Å². The number of nitrogens with two attached hydrogens (primary N) is 1. The quantitative estimate of drug-likeness (QED) is 0.661. The third-order valence-electron chi connectivity index (χ3n) is 6.45. The van der Waals surface area contributed by atoms with Gasteiger partial charge in [-0.15, -0.1) is 0 Å². The van der Waals surface area contributed by atoms with Crippen LogP contribution in [0, 0.1) is 5.41 Å². The SMILES string of the molecule is CC1(C)CN(Cc2ccc(-n3ccc(NC(=O)N4CCNCC4)nc3=O)cc2)CCC1N. The predicted octanol–water partition coefficient (Wildman–Crippen LogP) is 1.23. The van der Waals surface area contributed by atoms with Crippen molar-refractivity contribution in [1.82, 2.24) is 24.7 Å². The summed E-state index contributed by atoms with van der Waals surface area (Å²) in [5.41, 5.74) is 7.87. The first kappa shape index (κ1) is 22.4. The molecule has 2 aromatic rings. The lowest BCUT2D eigenvalue weighted by atomic mass is 9.79. The van der Waals surface area contributed by atoms with Crippen molar-refractivity contribution in [3.05, 3.63) is 52.6 Å². The zero-order valence-corrected chi connectivity index (χ0v) is 18.9. The molecule has 1 atom stereocenters. The van der Waals surface area contributed by atoms with Crippen LogP contribution in [0.15, 0.2) is 41.3 Å². The zero-order valence-electron chi connectivity index (χ0n) is 18.9. The lowest BCUT2D eigenvalue weighted by Gasteiger charge is -2.42. The summed E-state index contributed by atoms with van der Waals surface area (Å²) in [5.74, 6) is 0.261. The number of hydrogen-bond donors (Lipinski definition) is 3. The number of nitrogens with zero attached hydrogens (tertiary/aromatic N) is 4. The predicted molar refractivity (Wildman–Crippen MR) is 125 cm³/mol. The number of piperidine rings is 1. The lowest BCUT2D eigenvalue weighted by molar-refractivity contribution is 0.0899. The summed E-state index contributed by atoms with van der Waals surface area (Å²) in [4.78, 5) is 33.1. The number of amides is 2. The Morgan fingerprint density at radius 3 is 2.56 bits per heavy atom. The maximum absolute atomic E-state index is 12.6. The minimum absolute atomic E-state index is 0.110. The number of piperazine rings is 1. The molecule has 172 valence electrons. The fourth-order valence-electron chi connectivity index (χ4n) is 4.37. The molecule has 2 saturated heterocycles. The molecule has 1 aromatic heterocycles. The molecule has 32 heavy (non-hydrogen) atoms. The Morgan fingerprint density at radius 2 is 1.91 bits per heavy atom. The third-order valence-corrected chi connectivity index (χ3v) is 6.45. The molecule has 9 nitrogen and oxygen atoms in total. The van der Waals surface area contributed by atoms with Gasteiger partial charge in [0.15, 0.2) is 0 Å². The van der Waals surface area contributed by atoms with E-state index in [1.807, 2.05) is 24.3 Å². The van der Waals surface area contributed by atoms with Crippen LogP contribution in [-0.4, -0.2) is 70.7 Å². The molecule has 2 amide bonds. The third kappa shape index (κ3) is 5.17. The van der Waals surface area contributed by atoms with Crippen LogP contribution in [0.4, 0.5) is 10.6 Å². The fourth-order valence-corrected chi connectivity index (χ4v) is 4.37. The molecule has 4 rings (SSSR count). The van der Waals surface area contributed by atoms with E-state index in [0.29, 0.717) is 13.1 Å². The molecule has 1 unspecified atom stereocenters. The van der Waals surface area contributed by atoms with Crippen LogP contribution in [0.3, 0.4) is 0 Å². The minimum atomic E-state index is -0.428. The molecule has 1 aromatic carbocycles. The van der Waals surface area contributed by atoms with Crippen molar-refractivity contribution in [2.24, 2.45) is 11.1 Å². The molecule has 9 heteroatoms. The lowest BCUT2D eigenvalue weighted by Crippen LogP contribution is -2.52. The molecule has 0 spiro atoms. The highest BCUT2D eigenvalue weighted by Crippen LogP contribution is 2.28. The normalized spacial score (nSPS) is 21.3. The van der Waals surface area contributed by atoms with Crippen LogP contribution in [-0.2, 0) is 6.54 Å². The van der Waals surface area contributed by atoms with E-state index >= 15 is 0 Å². The van der Waals surface area contributed by atoms with E-state index in [4.69, 9.17) is 5.73 Å². The Balaban J connectivity index is 1.39. The number of aromatic nitrogens is 2. The molecular formula is C23H33N7O2. The van der Waals surface area contributed by atoms with Gasteiger partial charge in [0.05, 0.1) is 5.69 Å². The molecule has 4 N–H and O–H groups in total.